The molecule has 0 heterocycles. The monoisotopic (exact) mass is 225 g/mol. The van der Waals surface area contributed by atoms with Gasteiger partial charge in [0.2, 0.25) is 0 Å². The number of hydrogen-bond acceptors (Lipinski definition) is 5. The number of nitrogens with two attached hydrogens (primary N) is 1. The molecule has 1 rings (SSSR count). The number of esters is 1. The standard InChI is InChI=1S/C11H15NO4/c1-14-8-3-4-9(11(13)15-2)10(7-8)16-6-5-12/h3-4,7H,5-6,12H2,1-2H3. The van der Waals surface area contributed by atoms with E-state index in [0.29, 0.717) is 30.2 Å². The summed E-state index contributed by atoms with van der Waals surface area (Å²) in [5, 5.41) is 0. The SMILES string of the molecule is COC(=O)c1ccc(OC)cc1OCCN. The van der Waals surface area contributed by atoms with E-state index in [1.165, 1.54) is 7.11 Å². The highest BCUT2D eigenvalue weighted by Crippen LogP contribution is 2.25. The molecule has 5 nitrogen and oxygen atoms in total. The van der Waals surface area contributed by atoms with Gasteiger partial charge in [-0.2, -0.15) is 0 Å². The number of benzene rings is 1. The third-order valence-electron chi connectivity index (χ3n) is 1.97. The summed E-state index contributed by atoms with van der Waals surface area (Å²) >= 11 is 0. The van der Waals surface area contributed by atoms with Gasteiger partial charge in [-0.05, 0) is 12.1 Å². The number of hydrogen-bond donors (Lipinski definition) is 1. The fourth-order valence-corrected chi connectivity index (χ4v) is 1.20. The van der Waals surface area contributed by atoms with E-state index in [1.807, 2.05) is 0 Å². The normalized spacial score (nSPS) is 9.69. The summed E-state index contributed by atoms with van der Waals surface area (Å²) < 4.78 is 15.0. The molecule has 0 aliphatic carbocycles. The molecular formula is C11H15NO4. The van der Waals surface area contributed by atoms with E-state index >= 15 is 0 Å². The molecule has 0 amide bonds. The van der Waals surface area contributed by atoms with Gasteiger partial charge in [-0.1, -0.05) is 0 Å². The van der Waals surface area contributed by atoms with Crippen LogP contribution in [0.1, 0.15) is 10.4 Å². The Morgan fingerprint density at radius 2 is 2.12 bits per heavy atom. The molecule has 88 valence electrons. The third kappa shape index (κ3) is 2.87. The zero-order valence-electron chi connectivity index (χ0n) is 9.36. The summed E-state index contributed by atoms with van der Waals surface area (Å²) in [7, 11) is 2.86. The van der Waals surface area contributed by atoms with Crippen molar-refractivity contribution in [2.24, 2.45) is 5.73 Å². The van der Waals surface area contributed by atoms with Gasteiger partial charge in [-0.3, -0.25) is 0 Å². The molecule has 0 aliphatic rings. The number of carbonyl (C=O) groups excluding carboxylic acids is 1. The zero-order valence-corrected chi connectivity index (χ0v) is 9.36. The van der Waals surface area contributed by atoms with Gasteiger partial charge in [0, 0.05) is 12.6 Å². The first-order valence-corrected chi connectivity index (χ1v) is 4.82. The van der Waals surface area contributed by atoms with E-state index in [9.17, 15) is 4.79 Å². The van der Waals surface area contributed by atoms with Crippen LogP contribution in [0.2, 0.25) is 0 Å². The highest BCUT2D eigenvalue weighted by Gasteiger charge is 2.13. The maximum atomic E-state index is 11.4. The molecule has 0 spiro atoms. The lowest BCUT2D eigenvalue weighted by Gasteiger charge is -2.10. The van der Waals surface area contributed by atoms with Crippen LogP contribution in [0.5, 0.6) is 11.5 Å². The van der Waals surface area contributed by atoms with Crippen LogP contribution < -0.4 is 15.2 Å². The minimum atomic E-state index is -0.449. The Labute approximate surface area is 94.1 Å². The Hall–Kier alpha value is -1.75. The van der Waals surface area contributed by atoms with Crippen LogP contribution in [-0.4, -0.2) is 33.3 Å². The first-order chi connectivity index (χ1) is 7.72. The van der Waals surface area contributed by atoms with Gasteiger partial charge < -0.3 is 19.9 Å². The fraction of sp³-hybridized carbons (Fsp3) is 0.364. The molecule has 0 aliphatic heterocycles. The Balaban J connectivity index is 3.00. The second-order valence-electron chi connectivity index (χ2n) is 2.99. The van der Waals surface area contributed by atoms with Gasteiger partial charge in [0.25, 0.3) is 0 Å². The summed E-state index contributed by atoms with van der Waals surface area (Å²) in [6.45, 7) is 0.703. The molecule has 1 aromatic carbocycles. The van der Waals surface area contributed by atoms with E-state index in [4.69, 9.17) is 15.2 Å². The van der Waals surface area contributed by atoms with Crippen molar-refractivity contribution in [1.82, 2.24) is 0 Å². The van der Waals surface area contributed by atoms with E-state index < -0.39 is 5.97 Å². The third-order valence-corrected chi connectivity index (χ3v) is 1.97. The van der Waals surface area contributed by atoms with Crippen LogP contribution in [0, 0.1) is 0 Å². The molecule has 0 atom stereocenters. The Kier molecular flexibility index (Phi) is 4.60. The number of rotatable bonds is 5. The van der Waals surface area contributed by atoms with Gasteiger partial charge in [-0.25, -0.2) is 4.79 Å². The maximum Gasteiger partial charge on any atom is 0.341 e. The van der Waals surface area contributed by atoms with Gasteiger partial charge in [0.15, 0.2) is 0 Å². The van der Waals surface area contributed by atoms with Gasteiger partial charge >= 0.3 is 5.97 Å². The zero-order chi connectivity index (χ0) is 12.0. The molecule has 0 bridgehead atoms. The molecule has 0 unspecified atom stereocenters. The molecule has 0 aromatic heterocycles. The molecule has 0 saturated heterocycles. The predicted molar refractivity (Wildman–Crippen MR) is 58.9 cm³/mol. The lowest BCUT2D eigenvalue weighted by molar-refractivity contribution is 0.0596. The van der Waals surface area contributed by atoms with E-state index in [2.05, 4.69) is 4.74 Å². The van der Waals surface area contributed by atoms with Gasteiger partial charge in [0.05, 0.1) is 14.2 Å². The van der Waals surface area contributed by atoms with Crippen molar-refractivity contribution in [3.8, 4) is 11.5 Å². The average molecular weight is 225 g/mol. The summed E-state index contributed by atoms with van der Waals surface area (Å²) in [5.41, 5.74) is 5.69. The lowest BCUT2D eigenvalue weighted by atomic mass is 10.2. The van der Waals surface area contributed by atoms with Gasteiger partial charge in [-0.15, -0.1) is 0 Å². The van der Waals surface area contributed by atoms with Crippen molar-refractivity contribution >= 4 is 5.97 Å². The van der Waals surface area contributed by atoms with Crippen LogP contribution in [0.3, 0.4) is 0 Å². The van der Waals surface area contributed by atoms with Crippen molar-refractivity contribution in [3.63, 3.8) is 0 Å². The summed E-state index contributed by atoms with van der Waals surface area (Å²) in [6, 6.07) is 4.89. The van der Waals surface area contributed by atoms with Crippen molar-refractivity contribution in [2.75, 3.05) is 27.4 Å². The predicted octanol–water partition coefficient (Wildman–Crippen LogP) is 0.819. The van der Waals surface area contributed by atoms with E-state index in [0.717, 1.165) is 0 Å². The highest BCUT2D eigenvalue weighted by atomic mass is 16.5. The quantitative estimate of drug-likeness (QED) is 0.751. The van der Waals surface area contributed by atoms with Crippen LogP contribution >= 0.6 is 0 Å². The molecule has 16 heavy (non-hydrogen) atoms. The number of ether oxygens (including phenoxy) is 3. The molecule has 5 heteroatoms. The number of methoxy groups -OCH3 is 2. The average Bonchev–Trinajstić information content (AvgIpc) is 2.34. The van der Waals surface area contributed by atoms with Crippen LogP contribution in [0.4, 0.5) is 0 Å². The fourth-order valence-electron chi connectivity index (χ4n) is 1.20. The van der Waals surface area contributed by atoms with E-state index in [-0.39, 0.29) is 0 Å². The lowest BCUT2D eigenvalue weighted by Crippen LogP contribution is -2.13. The highest BCUT2D eigenvalue weighted by molar-refractivity contribution is 5.92. The molecule has 0 saturated carbocycles. The maximum absolute atomic E-state index is 11.4. The topological polar surface area (TPSA) is 70.8 Å². The Morgan fingerprint density at radius 1 is 1.38 bits per heavy atom. The molecule has 0 fully saturated rings. The smallest absolute Gasteiger partial charge is 0.341 e. The summed E-state index contributed by atoms with van der Waals surface area (Å²) in [4.78, 5) is 11.4. The van der Waals surface area contributed by atoms with Crippen molar-refractivity contribution in [1.29, 1.82) is 0 Å². The van der Waals surface area contributed by atoms with Crippen LogP contribution in [0.15, 0.2) is 18.2 Å². The van der Waals surface area contributed by atoms with Gasteiger partial charge in [0.1, 0.15) is 23.7 Å². The minimum Gasteiger partial charge on any atom is -0.497 e. The van der Waals surface area contributed by atoms with Crippen molar-refractivity contribution in [3.05, 3.63) is 23.8 Å². The Morgan fingerprint density at radius 3 is 2.69 bits per heavy atom. The summed E-state index contributed by atoms with van der Waals surface area (Å²) in [5.74, 6) is 0.575. The second kappa shape index (κ2) is 5.97. The molecule has 0 radical (unpaired) electrons. The first-order valence-electron chi connectivity index (χ1n) is 4.82. The molecule has 1 aromatic rings. The first kappa shape index (κ1) is 12.3. The van der Waals surface area contributed by atoms with Crippen LogP contribution in [0.25, 0.3) is 0 Å². The number of carbonyl (C=O) groups is 1. The van der Waals surface area contributed by atoms with E-state index in [1.54, 1.807) is 25.3 Å². The molecule has 2 N–H and O–H groups in total. The minimum absolute atomic E-state index is 0.331. The molecular weight excluding hydrogens is 210 g/mol. The summed E-state index contributed by atoms with van der Waals surface area (Å²) in [6.07, 6.45) is 0. The second-order valence-corrected chi connectivity index (χ2v) is 2.99. The van der Waals surface area contributed by atoms with Crippen LogP contribution in [-0.2, 0) is 4.74 Å². The Bertz CT molecular complexity index is 365. The van der Waals surface area contributed by atoms with Crippen molar-refractivity contribution in [2.45, 2.75) is 0 Å². The van der Waals surface area contributed by atoms with Crippen molar-refractivity contribution < 1.29 is 19.0 Å². The largest absolute Gasteiger partial charge is 0.497 e.